The van der Waals surface area contributed by atoms with Gasteiger partial charge in [-0.3, -0.25) is 4.79 Å². The molecule has 0 bridgehead atoms. The maximum atomic E-state index is 13.4. The van der Waals surface area contributed by atoms with Crippen molar-refractivity contribution in [2.45, 2.75) is 44.8 Å². The van der Waals surface area contributed by atoms with Crippen LogP contribution in [0.3, 0.4) is 0 Å². The van der Waals surface area contributed by atoms with Gasteiger partial charge in [-0.05, 0) is 38.3 Å². The zero-order valence-electron chi connectivity index (χ0n) is 14.1. The van der Waals surface area contributed by atoms with Crippen LogP contribution in [0.4, 0.5) is 4.39 Å². The highest BCUT2D eigenvalue weighted by molar-refractivity contribution is 6.04. The van der Waals surface area contributed by atoms with E-state index in [-0.39, 0.29) is 30.7 Å². The summed E-state index contributed by atoms with van der Waals surface area (Å²) in [6.07, 6.45) is 1.78. The van der Waals surface area contributed by atoms with E-state index in [2.05, 4.69) is 5.16 Å². The van der Waals surface area contributed by atoms with Gasteiger partial charge >= 0.3 is 5.97 Å². The average Bonchev–Trinajstić information content (AvgIpc) is 3.11. The van der Waals surface area contributed by atoms with Gasteiger partial charge in [0.05, 0.1) is 12.3 Å². The van der Waals surface area contributed by atoms with Gasteiger partial charge in [-0.1, -0.05) is 17.3 Å². The molecule has 2 aliphatic rings. The summed E-state index contributed by atoms with van der Waals surface area (Å²) in [5.74, 6) is -1.01. The number of benzene rings is 1. The number of ether oxygens (including phenoxy) is 1. The molecule has 7 heteroatoms. The molecule has 1 aromatic rings. The minimum Gasteiger partial charge on any atom is -0.464 e. The Morgan fingerprint density at radius 2 is 2.24 bits per heavy atom. The highest BCUT2D eigenvalue weighted by Crippen LogP contribution is 2.24. The van der Waals surface area contributed by atoms with Crippen LogP contribution >= 0.6 is 0 Å². The number of halogens is 1. The van der Waals surface area contributed by atoms with Crippen molar-refractivity contribution in [3.63, 3.8) is 0 Å². The molecule has 0 saturated carbocycles. The van der Waals surface area contributed by atoms with Gasteiger partial charge in [0.1, 0.15) is 11.9 Å². The summed E-state index contributed by atoms with van der Waals surface area (Å²) in [5, 5.41) is 3.94. The van der Waals surface area contributed by atoms with E-state index < -0.39 is 12.1 Å². The molecular weight excluding hydrogens is 327 g/mol. The van der Waals surface area contributed by atoms with Crippen molar-refractivity contribution in [2.75, 3.05) is 13.2 Å². The fourth-order valence-corrected chi connectivity index (χ4v) is 3.21. The van der Waals surface area contributed by atoms with Crippen LogP contribution in [-0.2, 0) is 19.2 Å². The molecule has 3 rings (SSSR count). The molecule has 2 atom stereocenters. The van der Waals surface area contributed by atoms with E-state index in [9.17, 15) is 14.0 Å². The van der Waals surface area contributed by atoms with Gasteiger partial charge in [0.2, 0.25) is 6.10 Å². The molecule has 25 heavy (non-hydrogen) atoms. The fourth-order valence-electron chi connectivity index (χ4n) is 3.21. The summed E-state index contributed by atoms with van der Waals surface area (Å²) in [6.45, 7) is 2.52. The fraction of sp³-hybridized carbons (Fsp3) is 0.500. The first-order valence-electron chi connectivity index (χ1n) is 8.56. The Balaban J connectivity index is 1.68. The summed E-state index contributed by atoms with van der Waals surface area (Å²) in [5.41, 5.74) is 1.12. The molecule has 134 valence electrons. The summed E-state index contributed by atoms with van der Waals surface area (Å²) >= 11 is 0. The Labute approximate surface area is 145 Å². The molecule has 2 aliphatic heterocycles. The van der Waals surface area contributed by atoms with Gasteiger partial charge in [0.25, 0.3) is 5.91 Å². The minimum atomic E-state index is -0.784. The molecule has 0 spiro atoms. The Morgan fingerprint density at radius 1 is 1.40 bits per heavy atom. The molecule has 0 N–H and O–H groups in total. The Kier molecular flexibility index (Phi) is 5.31. The third-order valence-electron chi connectivity index (χ3n) is 4.45. The number of carbonyl (C=O) groups is 2. The topological polar surface area (TPSA) is 68.2 Å². The van der Waals surface area contributed by atoms with Crippen molar-refractivity contribution < 1.29 is 23.6 Å². The number of oxime groups is 1. The number of hydrogen-bond donors (Lipinski definition) is 0. The van der Waals surface area contributed by atoms with Crippen LogP contribution in [0.25, 0.3) is 0 Å². The maximum Gasteiger partial charge on any atom is 0.328 e. The molecule has 6 nitrogen and oxygen atoms in total. The lowest BCUT2D eigenvalue weighted by atomic mass is 9.99. The van der Waals surface area contributed by atoms with Crippen molar-refractivity contribution in [3.8, 4) is 0 Å². The van der Waals surface area contributed by atoms with Gasteiger partial charge < -0.3 is 14.5 Å². The number of amides is 1. The molecule has 1 fully saturated rings. The zero-order valence-corrected chi connectivity index (χ0v) is 14.1. The van der Waals surface area contributed by atoms with Crippen molar-refractivity contribution in [2.24, 2.45) is 5.16 Å². The predicted octanol–water partition coefficient (Wildman–Crippen LogP) is 2.26. The zero-order chi connectivity index (χ0) is 17.8. The molecule has 2 unspecified atom stereocenters. The van der Waals surface area contributed by atoms with E-state index in [1.807, 2.05) is 0 Å². The van der Waals surface area contributed by atoms with Crippen LogP contribution in [0, 0.1) is 5.82 Å². The quantitative estimate of drug-likeness (QED) is 0.783. The van der Waals surface area contributed by atoms with E-state index in [1.165, 1.54) is 17.0 Å². The van der Waals surface area contributed by atoms with E-state index >= 15 is 0 Å². The monoisotopic (exact) mass is 348 g/mol. The van der Waals surface area contributed by atoms with Crippen molar-refractivity contribution in [1.82, 2.24) is 4.90 Å². The third kappa shape index (κ3) is 3.81. The van der Waals surface area contributed by atoms with Gasteiger partial charge in [-0.2, -0.15) is 0 Å². The maximum absolute atomic E-state index is 13.4. The first-order valence-corrected chi connectivity index (χ1v) is 8.56. The second-order valence-corrected chi connectivity index (χ2v) is 6.14. The van der Waals surface area contributed by atoms with Crippen molar-refractivity contribution in [1.29, 1.82) is 0 Å². The number of hydrogen-bond acceptors (Lipinski definition) is 5. The lowest BCUT2D eigenvalue weighted by Gasteiger charge is -2.34. The van der Waals surface area contributed by atoms with E-state index in [4.69, 9.17) is 9.57 Å². The van der Waals surface area contributed by atoms with Gasteiger partial charge in [-0.15, -0.1) is 0 Å². The first kappa shape index (κ1) is 17.4. The van der Waals surface area contributed by atoms with Crippen molar-refractivity contribution >= 4 is 17.6 Å². The normalized spacial score (nSPS) is 23.0. The number of likely N-dealkylation sites (tertiary alicyclic amines) is 1. The summed E-state index contributed by atoms with van der Waals surface area (Å²) < 4.78 is 18.4. The molecule has 1 amide bonds. The lowest BCUT2D eigenvalue weighted by Crippen LogP contribution is -2.52. The van der Waals surface area contributed by atoms with Gasteiger partial charge in [-0.25, -0.2) is 9.18 Å². The highest BCUT2D eigenvalue weighted by atomic mass is 19.1. The lowest BCUT2D eigenvalue weighted by molar-refractivity contribution is -0.160. The summed E-state index contributed by atoms with van der Waals surface area (Å²) in [6, 6.07) is 5.45. The largest absolute Gasteiger partial charge is 0.464 e. The van der Waals surface area contributed by atoms with Gasteiger partial charge in [0.15, 0.2) is 0 Å². The third-order valence-corrected chi connectivity index (χ3v) is 4.45. The molecule has 1 saturated heterocycles. The van der Waals surface area contributed by atoms with Crippen LogP contribution < -0.4 is 0 Å². The SMILES string of the molecule is CCOC(=O)C1CCCCN1C(=O)C1CC(c2cccc(F)c2)=NO1. The van der Waals surface area contributed by atoms with Crippen molar-refractivity contribution in [3.05, 3.63) is 35.6 Å². The number of nitrogens with zero attached hydrogens (tertiary/aromatic N) is 2. The molecule has 2 heterocycles. The first-order chi connectivity index (χ1) is 12.1. The van der Waals surface area contributed by atoms with Crippen LogP contribution in [0.1, 0.15) is 38.2 Å². The molecule has 0 radical (unpaired) electrons. The number of esters is 1. The summed E-state index contributed by atoms with van der Waals surface area (Å²) in [7, 11) is 0. The van der Waals surface area contributed by atoms with Crippen LogP contribution in [0.15, 0.2) is 29.4 Å². The predicted molar refractivity (Wildman–Crippen MR) is 88.4 cm³/mol. The number of carbonyl (C=O) groups excluding carboxylic acids is 2. The molecule has 0 aromatic heterocycles. The molecule has 0 aliphatic carbocycles. The Hall–Kier alpha value is -2.44. The summed E-state index contributed by atoms with van der Waals surface area (Å²) in [4.78, 5) is 31.8. The van der Waals surface area contributed by atoms with Crippen LogP contribution in [-0.4, -0.2) is 47.8 Å². The second-order valence-electron chi connectivity index (χ2n) is 6.14. The minimum absolute atomic E-state index is 0.258. The highest BCUT2D eigenvalue weighted by Gasteiger charge is 2.39. The molecule has 1 aromatic carbocycles. The Morgan fingerprint density at radius 3 is 3.00 bits per heavy atom. The Bertz CT molecular complexity index is 691. The standard InChI is InChI=1S/C18H21FN2O4/c1-2-24-18(23)15-8-3-4-9-21(15)17(22)16-11-14(20-25-16)12-6-5-7-13(19)10-12/h5-7,10,15-16H,2-4,8-9,11H2,1H3. The number of rotatable bonds is 4. The second kappa shape index (κ2) is 7.63. The smallest absolute Gasteiger partial charge is 0.328 e. The van der Waals surface area contributed by atoms with Gasteiger partial charge in [0, 0.05) is 18.5 Å². The van der Waals surface area contributed by atoms with E-state index in [0.717, 1.165) is 12.8 Å². The van der Waals surface area contributed by atoms with E-state index in [1.54, 1.807) is 19.1 Å². The number of piperidine rings is 1. The average molecular weight is 348 g/mol. The van der Waals surface area contributed by atoms with E-state index in [0.29, 0.717) is 24.2 Å². The molecular formula is C18H21FN2O4. The van der Waals surface area contributed by atoms with Crippen LogP contribution in [0.2, 0.25) is 0 Å². The van der Waals surface area contributed by atoms with Crippen LogP contribution in [0.5, 0.6) is 0 Å².